The van der Waals surface area contributed by atoms with Crippen LogP contribution < -0.4 is 11.1 Å². The largest absolute Gasteiger partial charge is 0.476 e. The predicted molar refractivity (Wildman–Crippen MR) is 69.2 cm³/mol. The van der Waals surface area contributed by atoms with Crippen molar-refractivity contribution in [1.82, 2.24) is 20.3 Å². The van der Waals surface area contributed by atoms with E-state index in [4.69, 9.17) is 15.6 Å². The van der Waals surface area contributed by atoms with Crippen molar-refractivity contribution >= 4 is 11.9 Å². The maximum absolute atomic E-state index is 11.7. The van der Waals surface area contributed by atoms with E-state index in [2.05, 4.69) is 15.6 Å². The van der Waals surface area contributed by atoms with E-state index in [0.717, 1.165) is 0 Å². The number of aromatic nitrogens is 3. The van der Waals surface area contributed by atoms with Gasteiger partial charge < -0.3 is 20.9 Å². The highest BCUT2D eigenvalue weighted by atomic mass is 16.5. The van der Waals surface area contributed by atoms with E-state index >= 15 is 0 Å². The zero-order valence-corrected chi connectivity index (χ0v) is 11.3. The lowest BCUT2D eigenvalue weighted by molar-refractivity contribution is -0.121. The van der Waals surface area contributed by atoms with E-state index in [0.29, 0.717) is 31.7 Å². The number of carbonyl (C=O) groups excluding carboxylic acids is 1. The molecule has 1 amide bonds. The summed E-state index contributed by atoms with van der Waals surface area (Å²) in [6.45, 7) is 1.22. The minimum atomic E-state index is -1.18. The van der Waals surface area contributed by atoms with Crippen LogP contribution in [0.5, 0.6) is 0 Å². The van der Waals surface area contributed by atoms with E-state index in [1.807, 2.05) is 0 Å². The van der Waals surface area contributed by atoms with E-state index in [9.17, 15) is 9.59 Å². The third kappa shape index (κ3) is 4.59. The van der Waals surface area contributed by atoms with Crippen LogP contribution in [0.1, 0.15) is 22.6 Å². The molecule has 9 heteroatoms. The molecule has 1 heterocycles. The lowest BCUT2D eigenvalue weighted by Gasteiger charge is -2.07. The minimum Gasteiger partial charge on any atom is -0.476 e. The fourth-order valence-electron chi connectivity index (χ4n) is 1.65. The second-order valence-electron chi connectivity index (χ2n) is 4.08. The number of carboxylic acid groups (broad SMARTS) is 1. The summed E-state index contributed by atoms with van der Waals surface area (Å²) in [6.07, 6.45) is 1.00. The van der Waals surface area contributed by atoms with Gasteiger partial charge in [0, 0.05) is 26.7 Å². The van der Waals surface area contributed by atoms with Crippen molar-refractivity contribution in [3.05, 3.63) is 11.4 Å². The Morgan fingerprint density at radius 1 is 1.50 bits per heavy atom. The molecule has 1 rings (SSSR count). The van der Waals surface area contributed by atoms with E-state index < -0.39 is 5.97 Å². The van der Waals surface area contributed by atoms with Crippen molar-refractivity contribution in [3.8, 4) is 0 Å². The van der Waals surface area contributed by atoms with Gasteiger partial charge in [0.05, 0.1) is 5.69 Å². The molecule has 4 N–H and O–H groups in total. The van der Waals surface area contributed by atoms with Crippen molar-refractivity contribution in [3.63, 3.8) is 0 Å². The third-order valence-corrected chi connectivity index (χ3v) is 2.56. The first kappa shape index (κ1) is 16.1. The average molecular weight is 285 g/mol. The summed E-state index contributed by atoms with van der Waals surface area (Å²) in [5.74, 6) is -1.44. The number of rotatable bonds is 9. The van der Waals surface area contributed by atoms with Gasteiger partial charge in [-0.3, -0.25) is 4.79 Å². The molecular weight excluding hydrogens is 266 g/mol. The number of methoxy groups -OCH3 is 1. The number of hydrogen-bond acceptors (Lipinski definition) is 6. The Hall–Kier alpha value is -2.00. The topological polar surface area (TPSA) is 132 Å². The van der Waals surface area contributed by atoms with Crippen LogP contribution in [-0.4, -0.2) is 58.8 Å². The number of nitrogens with zero attached hydrogens (tertiary/aromatic N) is 3. The first-order valence-electron chi connectivity index (χ1n) is 6.21. The fourth-order valence-corrected chi connectivity index (χ4v) is 1.65. The number of hydrogen-bond donors (Lipinski definition) is 3. The van der Waals surface area contributed by atoms with Crippen molar-refractivity contribution in [2.75, 3.05) is 26.8 Å². The van der Waals surface area contributed by atoms with Gasteiger partial charge in [-0.1, -0.05) is 5.21 Å². The number of nitrogens with one attached hydrogen (secondary N) is 1. The summed E-state index contributed by atoms with van der Waals surface area (Å²) in [5, 5.41) is 18.9. The molecule has 0 atom stereocenters. The van der Waals surface area contributed by atoms with E-state index in [1.54, 1.807) is 7.11 Å². The average Bonchev–Trinajstić information content (AvgIpc) is 2.78. The normalized spacial score (nSPS) is 10.5. The standard InChI is InChI=1S/C11H19N5O4/c1-20-6-2-5-13-9(17)7-16-8(3-4-12)10(11(18)19)14-15-16/h2-7,12H2,1H3,(H,13,17)(H,18,19). The molecule has 0 aromatic carbocycles. The molecule has 20 heavy (non-hydrogen) atoms. The summed E-state index contributed by atoms with van der Waals surface area (Å²) < 4.78 is 6.13. The van der Waals surface area contributed by atoms with Gasteiger partial charge in [0.15, 0.2) is 5.69 Å². The van der Waals surface area contributed by atoms with Crippen molar-refractivity contribution in [2.24, 2.45) is 5.73 Å². The molecule has 0 aliphatic heterocycles. The molecule has 0 saturated heterocycles. The molecular formula is C11H19N5O4. The van der Waals surface area contributed by atoms with E-state index in [1.165, 1.54) is 4.68 Å². The Morgan fingerprint density at radius 3 is 2.85 bits per heavy atom. The summed E-state index contributed by atoms with van der Waals surface area (Å²) in [5.41, 5.74) is 5.62. The Bertz CT molecular complexity index is 460. The highest BCUT2D eigenvalue weighted by Crippen LogP contribution is 2.06. The van der Waals surface area contributed by atoms with Crippen LogP contribution in [0.4, 0.5) is 0 Å². The van der Waals surface area contributed by atoms with Gasteiger partial charge in [0.1, 0.15) is 6.54 Å². The van der Waals surface area contributed by atoms with Crippen LogP contribution in [0.15, 0.2) is 0 Å². The molecule has 0 aliphatic carbocycles. The lowest BCUT2D eigenvalue weighted by Crippen LogP contribution is -2.30. The highest BCUT2D eigenvalue weighted by Gasteiger charge is 2.19. The number of amides is 1. The second-order valence-corrected chi connectivity index (χ2v) is 4.08. The molecule has 0 bridgehead atoms. The fraction of sp³-hybridized carbons (Fsp3) is 0.636. The molecule has 0 spiro atoms. The monoisotopic (exact) mass is 285 g/mol. The molecule has 0 radical (unpaired) electrons. The van der Waals surface area contributed by atoms with Gasteiger partial charge in [-0.25, -0.2) is 9.48 Å². The van der Waals surface area contributed by atoms with Gasteiger partial charge in [-0.15, -0.1) is 5.10 Å². The summed E-state index contributed by atoms with van der Waals surface area (Å²) in [6, 6.07) is 0. The molecule has 0 unspecified atom stereocenters. The lowest BCUT2D eigenvalue weighted by atomic mass is 10.2. The Morgan fingerprint density at radius 2 is 2.25 bits per heavy atom. The first-order valence-corrected chi connectivity index (χ1v) is 6.21. The Kier molecular flexibility index (Phi) is 6.60. The van der Waals surface area contributed by atoms with Gasteiger partial charge >= 0.3 is 5.97 Å². The van der Waals surface area contributed by atoms with Crippen LogP contribution in [0.3, 0.4) is 0 Å². The van der Waals surface area contributed by atoms with Gasteiger partial charge in [-0.05, 0) is 13.0 Å². The number of nitrogens with two attached hydrogens (primary N) is 1. The van der Waals surface area contributed by atoms with Crippen LogP contribution in [-0.2, 0) is 22.5 Å². The minimum absolute atomic E-state index is 0.0808. The molecule has 112 valence electrons. The van der Waals surface area contributed by atoms with Gasteiger partial charge in [-0.2, -0.15) is 0 Å². The molecule has 1 aromatic rings. The zero-order chi connectivity index (χ0) is 15.0. The van der Waals surface area contributed by atoms with Gasteiger partial charge in [0.25, 0.3) is 0 Å². The van der Waals surface area contributed by atoms with Crippen molar-refractivity contribution < 1.29 is 19.4 Å². The molecule has 0 saturated carbocycles. The first-order chi connectivity index (χ1) is 9.60. The predicted octanol–water partition coefficient (Wildman–Crippen LogP) is -1.37. The summed E-state index contributed by atoms with van der Waals surface area (Å²) in [4.78, 5) is 22.7. The number of ether oxygens (including phenoxy) is 1. The zero-order valence-electron chi connectivity index (χ0n) is 11.3. The summed E-state index contributed by atoms with van der Waals surface area (Å²) >= 11 is 0. The van der Waals surface area contributed by atoms with Gasteiger partial charge in [0.2, 0.25) is 5.91 Å². The Labute approximate surface area is 116 Å². The van der Waals surface area contributed by atoms with Crippen molar-refractivity contribution in [2.45, 2.75) is 19.4 Å². The van der Waals surface area contributed by atoms with Crippen LogP contribution in [0, 0.1) is 0 Å². The molecule has 1 aromatic heterocycles. The molecule has 0 aliphatic rings. The third-order valence-electron chi connectivity index (χ3n) is 2.56. The van der Waals surface area contributed by atoms with Crippen molar-refractivity contribution in [1.29, 1.82) is 0 Å². The molecule has 0 fully saturated rings. The van der Waals surface area contributed by atoms with Crippen LogP contribution in [0.25, 0.3) is 0 Å². The second kappa shape index (κ2) is 8.23. The molecule has 9 nitrogen and oxygen atoms in total. The number of carboxylic acids is 1. The highest BCUT2D eigenvalue weighted by molar-refractivity contribution is 5.86. The maximum Gasteiger partial charge on any atom is 0.358 e. The maximum atomic E-state index is 11.7. The van der Waals surface area contributed by atoms with Crippen LogP contribution >= 0.6 is 0 Å². The quantitative estimate of drug-likeness (QED) is 0.477. The SMILES string of the molecule is COCCCNC(=O)Cn1nnc(C(=O)O)c1CCN. The van der Waals surface area contributed by atoms with Crippen LogP contribution in [0.2, 0.25) is 0 Å². The summed E-state index contributed by atoms with van der Waals surface area (Å²) in [7, 11) is 1.59. The van der Waals surface area contributed by atoms with E-state index in [-0.39, 0.29) is 24.7 Å². The number of carbonyl (C=O) groups is 2. The number of aromatic carboxylic acids is 1. The Balaban J connectivity index is 2.62. The smallest absolute Gasteiger partial charge is 0.358 e.